The van der Waals surface area contributed by atoms with Crippen LogP contribution in [0.15, 0.2) is 0 Å². The molecule has 0 aromatic heterocycles. The highest BCUT2D eigenvalue weighted by molar-refractivity contribution is 5.82. The molecule has 0 aliphatic heterocycles. The third kappa shape index (κ3) is 7.46. The third-order valence-corrected chi connectivity index (χ3v) is 3.65. The number of rotatable bonds is 7. The van der Waals surface area contributed by atoms with Gasteiger partial charge in [-0.1, -0.05) is 12.8 Å². The van der Waals surface area contributed by atoms with Gasteiger partial charge in [-0.25, -0.2) is 4.79 Å². The summed E-state index contributed by atoms with van der Waals surface area (Å²) in [6, 6.07) is -0.215. The van der Waals surface area contributed by atoms with E-state index in [0.717, 1.165) is 25.7 Å². The Morgan fingerprint density at radius 1 is 1.24 bits per heavy atom. The highest BCUT2D eigenvalue weighted by atomic mass is 16.6. The van der Waals surface area contributed by atoms with Gasteiger partial charge in [0.15, 0.2) is 0 Å². The monoisotopic (exact) mass is 299 g/mol. The molecule has 1 saturated carbocycles. The van der Waals surface area contributed by atoms with Gasteiger partial charge < -0.3 is 14.8 Å². The Morgan fingerprint density at radius 2 is 1.86 bits per heavy atom. The smallest absolute Gasteiger partial charge is 0.407 e. The van der Waals surface area contributed by atoms with Crippen LogP contribution in [0.3, 0.4) is 0 Å². The van der Waals surface area contributed by atoms with E-state index >= 15 is 0 Å². The van der Waals surface area contributed by atoms with E-state index in [2.05, 4.69) is 5.32 Å². The maximum atomic E-state index is 12.3. The number of Topliss-reactive ketones (excluding diaryl/α,β-unsaturated/α-hetero) is 1. The van der Waals surface area contributed by atoms with Crippen molar-refractivity contribution in [1.82, 2.24) is 5.32 Å². The van der Waals surface area contributed by atoms with Crippen molar-refractivity contribution in [2.45, 2.75) is 70.9 Å². The van der Waals surface area contributed by atoms with Gasteiger partial charge in [-0.05, 0) is 40.0 Å². The Labute approximate surface area is 127 Å². The van der Waals surface area contributed by atoms with E-state index in [1.807, 2.05) is 20.8 Å². The van der Waals surface area contributed by atoms with Crippen LogP contribution in [0.1, 0.15) is 59.3 Å². The molecule has 1 rings (SSSR count). The van der Waals surface area contributed by atoms with Gasteiger partial charge in [0.1, 0.15) is 11.4 Å². The second kappa shape index (κ2) is 8.37. The molecule has 0 saturated heterocycles. The number of ketones is 1. The molecule has 122 valence electrons. The van der Waals surface area contributed by atoms with E-state index in [4.69, 9.17) is 9.47 Å². The highest BCUT2D eigenvalue weighted by Gasteiger charge is 2.26. The minimum absolute atomic E-state index is 0.176. The summed E-state index contributed by atoms with van der Waals surface area (Å²) in [6.45, 7) is 5.97. The lowest BCUT2D eigenvalue weighted by Gasteiger charge is -2.24. The number of alkyl carbamates (subject to hydrolysis) is 1. The largest absolute Gasteiger partial charge is 0.444 e. The summed E-state index contributed by atoms with van der Waals surface area (Å²) in [6.07, 6.45) is 4.77. The fraction of sp³-hybridized carbons (Fsp3) is 0.875. The van der Waals surface area contributed by atoms with Crippen LogP contribution in [0.4, 0.5) is 4.79 Å². The average molecular weight is 299 g/mol. The van der Waals surface area contributed by atoms with Crippen LogP contribution in [-0.4, -0.2) is 37.2 Å². The summed E-state index contributed by atoms with van der Waals surface area (Å²) in [7, 11) is 1.61. The van der Waals surface area contributed by atoms with E-state index < -0.39 is 11.7 Å². The summed E-state index contributed by atoms with van der Waals surface area (Å²) in [5, 5.41) is 2.80. The number of hydrogen-bond acceptors (Lipinski definition) is 4. The van der Waals surface area contributed by atoms with Crippen molar-refractivity contribution < 1.29 is 19.1 Å². The molecule has 21 heavy (non-hydrogen) atoms. The molecule has 1 fully saturated rings. The van der Waals surface area contributed by atoms with Crippen LogP contribution in [0.25, 0.3) is 0 Å². The second-order valence-corrected chi connectivity index (χ2v) is 6.78. The molecule has 1 unspecified atom stereocenters. The lowest BCUT2D eigenvalue weighted by molar-refractivity contribution is -0.123. The lowest BCUT2D eigenvalue weighted by Crippen LogP contribution is -2.41. The number of hydrogen-bond donors (Lipinski definition) is 1. The van der Waals surface area contributed by atoms with Gasteiger partial charge in [0.25, 0.3) is 0 Å². The van der Waals surface area contributed by atoms with Crippen LogP contribution >= 0.6 is 0 Å². The Hall–Kier alpha value is -1.10. The number of methoxy groups -OCH3 is 1. The molecule has 0 spiro atoms. The first-order valence-corrected chi connectivity index (χ1v) is 7.83. The summed E-state index contributed by atoms with van der Waals surface area (Å²) in [4.78, 5) is 24.1. The number of carbonyl (C=O) groups excluding carboxylic acids is 2. The molecule has 1 aliphatic carbocycles. The van der Waals surface area contributed by atoms with Crippen molar-refractivity contribution in [2.75, 3.05) is 13.7 Å². The number of amides is 1. The number of ether oxygens (including phenoxy) is 2. The lowest BCUT2D eigenvalue weighted by atomic mass is 9.96. The molecule has 5 nitrogen and oxygen atoms in total. The molecule has 0 radical (unpaired) electrons. The van der Waals surface area contributed by atoms with Crippen LogP contribution < -0.4 is 5.32 Å². The van der Waals surface area contributed by atoms with E-state index in [1.54, 1.807) is 7.11 Å². The predicted molar refractivity (Wildman–Crippen MR) is 81.2 cm³/mol. The van der Waals surface area contributed by atoms with Gasteiger partial charge in [0.05, 0.1) is 0 Å². The summed E-state index contributed by atoms with van der Waals surface area (Å²) < 4.78 is 10.3. The Balaban J connectivity index is 2.49. The zero-order chi connectivity index (χ0) is 15.9. The van der Waals surface area contributed by atoms with Crippen LogP contribution in [0.5, 0.6) is 0 Å². The fourth-order valence-electron chi connectivity index (χ4n) is 2.62. The minimum atomic E-state index is -0.536. The van der Waals surface area contributed by atoms with Gasteiger partial charge in [-0.3, -0.25) is 4.79 Å². The van der Waals surface area contributed by atoms with Gasteiger partial charge in [-0.15, -0.1) is 0 Å². The molecule has 1 atom stereocenters. The quantitative estimate of drug-likeness (QED) is 0.784. The molecule has 0 aromatic carbocycles. The van der Waals surface area contributed by atoms with E-state index in [9.17, 15) is 9.59 Å². The molecule has 1 N–H and O–H groups in total. The molecule has 5 heteroatoms. The normalized spacial score (nSPS) is 17.5. The molecule has 0 bridgehead atoms. The van der Waals surface area contributed by atoms with Crippen molar-refractivity contribution in [2.24, 2.45) is 5.92 Å². The first-order valence-electron chi connectivity index (χ1n) is 7.83. The standard InChI is InChI=1S/C16H29NO4/c1-16(2,3)21-15(19)17-13(9-10-20-4)11-14(18)12-7-5-6-8-12/h12-13H,5-11H2,1-4H3,(H,17,19). The molecular formula is C16H29NO4. The third-order valence-electron chi connectivity index (χ3n) is 3.65. The number of carbonyl (C=O) groups is 2. The van der Waals surface area contributed by atoms with Crippen LogP contribution in [0.2, 0.25) is 0 Å². The summed E-state index contributed by atoms with van der Waals surface area (Å²) in [5.74, 6) is 0.431. The Bertz CT molecular complexity index is 343. The van der Waals surface area contributed by atoms with Gasteiger partial charge in [0, 0.05) is 32.1 Å². The van der Waals surface area contributed by atoms with E-state index in [1.165, 1.54) is 0 Å². The Morgan fingerprint density at radius 3 is 2.38 bits per heavy atom. The SMILES string of the molecule is COCCC(CC(=O)C1CCCC1)NC(=O)OC(C)(C)C. The Kier molecular flexibility index (Phi) is 7.15. The summed E-state index contributed by atoms with van der Waals surface area (Å²) >= 11 is 0. The van der Waals surface area contributed by atoms with Crippen LogP contribution in [0, 0.1) is 5.92 Å². The zero-order valence-electron chi connectivity index (χ0n) is 13.7. The molecular weight excluding hydrogens is 270 g/mol. The van der Waals surface area contributed by atoms with Crippen molar-refractivity contribution in [1.29, 1.82) is 0 Å². The first kappa shape index (κ1) is 18.0. The maximum absolute atomic E-state index is 12.3. The maximum Gasteiger partial charge on any atom is 0.407 e. The van der Waals surface area contributed by atoms with E-state index in [0.29, 0.717) is 19.4 Å². The fourth-order valence-corrected chi connectivity index (χ4v) is 2.62. The van der Waals surface area contributed by atoms with Gasteiger partial charge in [0.2, 0.25) is 0 Å². The van der Waals surface area contributed by atoms with Crippen LogP contribution in [-0.2, 0) is 14.3 Å². The molecule has 0 aromatic rings. The molecule has 0 heterocycles. The first-order chi connectivity index (χ1) is 9.81. The minimum Gasteiger partial charge on any atom is -0.444 e. The molecule has 1 aliphatic rings. The van der Waals surface area contributed by atoms with Gasteiger partial charge >= 0.3 is 6.09 Å². The number of nitrogens with one attached hydrogen (secondary N) is 1. The van der Waals surface area contributed by atoms with Crippen molar-refractivity contribution in [3.8, 4) is 0 Å². The van der Waals surface area contributed by atoms with E-state index in [-0.39, 0.29) is 17.7 Å². The summed E-state index contributed by atoms with van der Waals surface area (Å²) in [5.41, 5.74) is -0.536. The second-order valence-electron chi connectivity index (χ2n) is 6.78. The topological polar surface area (TPSA) is 64.6 Å². The van der Waals surface area contributed by atoms with Gasteiger partial charge in [-0.2, -0.15) is 0 Å². The van der Waals surface area contributed by atoms with Crippen molar-refractivity contribution in [3.05, 3.63) is 0 Å². The predicted octanol–water partition coefficient (Wildman–Crippen LogP) is 3.07. The zero-order valence-corrected chi connectivity index (χ0v) is 13.7. The highest BCUT2D eigenvalue weighted by Crippen LogP contribution is 2.27. The van der Waals surface area contributed by atoms with Crippen molar-refractivity contribution in [3.63, 3.8) is 0 Å². The average Bonchev–Trinajstić information content (AvgIpc) is 2.87. The van der Waals surface area contributed by atoms with Crippen molar-refractivity contribution >= 4 is 11.9 Å². The molecule has 1 amide bonds.